The lowest BCUT2D eigenvalue weighted by atomic mass is 9.95. The van der Waals surface area contributed by atoms with Crippen LogP contribution in [0.5, 0.6) is 0 Å². The van der Waals surface area contributed by atoms with Crippen LogP contribution in [0.1, 0.15) is 27.7 Å². The van der Waals surface area contributed by atoms with Crippen LogP contribution in [0.4, 0.5) is 0 Å². The average Bonchev–Trinajstić information content (AvgIpc) is 2.33. The summed E-state index contributed by atoms with van der Waals surface area (Å²) in [7, 11) is 5.58. The zero-order valence-corrected chi connectivity index (χ0v) is 12.0. The summed E-state index contributed by atoms with van der Waals surface area (Å²) in [6.45, 7) is 8.00. The summed E-state index contributed by atoms with van der Waals surface area (Å²) in [6.07, 6.45) is 0. The monoisotopic (exact) mass is 268 g/mol. The van der Waals surface area contributed by atoms with Crippen LogP contribution in [-0.2, 0) is 0 Å². The molecular formula is C12H15BCl2N2. The summed E-state index contributed by atoms with van der Waals surface area (Å²) in [5.74, 6) is 0. The van der Waals surface area contributed by atoms with Gasteiger partial charge in [0.15, 0.2) is 0 Å². The van der Waals surface area contributed by atoms with Gasteiger partial charge in [-0.2, -0.15) is 0 Å². The maximum atomic E-state index is 5.84. The normalized spacial score (nSPS) is 8.82. The van der Waals surface area contributed by atoms with Gasteiger partial charge in [-0.3, -0.25) is 0 Å². The molecule has 2 aromatic rings. The second-order valence-corrected chi connectivity index (χ2v) is 3.26. The molecular weight excluding hydrogens is 254 g/mol. The van der Waals surface area contributed by atoms with E-state index in [1.54, 1.807) is 18.2 Å². The highest BCUT2D eigenvalue weighted by Gasteiger charge is 2.03. The minimum absolute atomic E-state index is 0.128. The van der Waals surface area contributed by atoms with Crippen LogP contribution < -0.4 is 5.46 Å². The summed E-state index contributed by atoms with van der Waals surface area (Å²) in [6, 6.07) is 5.21. The van der Waals surface area contributed by atoms with Crippen molar-refractivity contribution in [1.29, 1.82) is 0 Å². The minimum Gasteiger partial charge on any atom is -0.218 e. The van der Waals surface area contributed by atoms with E-state index in [1.807, 2.05) is 27.7 Å². The Morgan fingerprint density at radius 3 is 2.18 bits per heavy atom. The Morgan fingerprint density at radius 2 is 1.59 bits per heavy atom. The van der Waals surface area contributed by atoms with Gasteiger partial charge < -0.3 is 0 Å². The summed E-state index contributed by atoms with van der Waals surface area (Å²) in [5.41, 5.74) is 1.28. The Hall–Kier alpha value is -0.795. The van der Waals surface area contributed by atoms with Crippen molar-refractivity contribution in [1.82, 2.24) is 9.97 Å². The van der Waals surface area contributed by atoms with E-state index in [2.05, 4.69) is 9.97 Å². The Labute approximate surface area is 114 Å². The molecule has 5 heteroatoms. The van der Waals surface area contributed by atoms with Crippen molar-refractivity contribution >= 4 is 47.4 Å². The molecule has 0 unspecified atom stereocenters. The van der Waals surface area contributed by atoms with Crippen molar-refractivity contribution in [2.45, 2.75) is 27.7 Å². The molecule has 0 aliphatic carbocycles. The van der Waals surface area contributed by atoms with Crippen LogP contribution in [0.15, 0.2) is 18.2 Å². The fourth-order valence-corrected chi connectivity index (χ4v) is 1.54. The largest absolute Gasteiger partial charge is 0.224 e. The van der Waals surface area contributed by atoms with Gasteiger partial charge in [0.1, 0.15) is 13.0 Å². The van der Waals surface area contributed by atoms with Gasteiger partial charge in [-0.1, -0.05) is 56.9 Å². The van der Waals surface area contributed by atoms with Crippen LogP contribution in [0.25, 0.3) is 10.9 Å². The SMILES string of the molecule is CC.CC.[B]c1ccc2c(Cl)nc(Cl)nc2c1. The van der Waals surface area contributed by atoms with E-state index in [0.717, 1.165) is 5.39 Å². The maximum absolute atomic E-state index is 5.84. The standard InChI is InChI=1S/C8H3BCl2N2.2C2H6/c9-4-1-2-5-6(3-4)12-8(11)13-7(5)10;2*1-2/h1-3H;2*1-2H3. The average molecular weight is 269 g/mol. The highest BCUT2D eigenvalue weighted by Crippen LogP contribution is 2.20. The molecule has 0 aliphatic heterocycles. The third-order valence-electron chi connectivity index (χ3n) is 1.65. The Morgan fingerprint density at radius 1 is 1.00 bits per heavy atom. The van der Waals surface area contributed by atoms with Crippen molar-refractivity contribution in [3.8, 4) is 0 Å². The van der Waals surface area contributed by atoms with Crippen LogP contribution in [0.2, 0.25) is 10.4 Å². The van der Waals surface area contributed by atoms with Gasteiger partial charge in [0.05, 0.1) is 5.52 Å². The molecule has 2 rings (SSSR count). The molecule has 2 nitrogen and oxygen atoms in total. The molecule has 0 spiro atoms. The molecule has 0 N–H and O–H groups in total. The van der Waals surface area contributed by atoms with Crippen LogP contribution in [0, 0.1) is 0 Å². The lowest BCUT2D eigenvalue weighted by molar-refractivity contribution is 1.22. The van der Waals surface area contributed by atoms with Gasteiger partial charge in [0, 0.05) is 5.39 Å². The van der Waals surface area contributed by atoms with Crippen molar-refractivity contribution in [2.24, 2.45) is 0 Å². The van der Waals surface area contributed by atoms with Crippen LogP contribution in [-0.4, -0.2) is 17.8 Å². The van der Waals surface area contributed by atoms with Crippen molar-refractivity contribution in [3.63, 3.8) is 0 Å². The molecule has 1 aromatic heterocycles. The number of rotatable bonds is 0. The molecule has 0 saturated heterocycles. The topological polar surface area (TPSA) is 25.8 Å². The summed E-state index contributed by atoms with van der Waals surface area (Å²) in [4.78, 5) is 7.80. The molecule has 0 amide bonds. The predicted octanol–water partition coefficient (Wildman–Crippen LogP) is 3.78. The first kappa shape index (κ1) is 16.2. The van der Waals surface area contributed by atoms with Gasteiger partial charge >= 0.3 is 0 Å². The number of nitrogens with zero attached hydrogens (tertiary/aromatic N) is 2. The van der Waals surface area contributed by atoms with Crippen molar-refractivity contribution < 1.29 is 0 Å². The maximum Gasteiger partial charge on any atom is 0.224 e. The quantitative estimate of drug-likeness (QED) is 0.413. The third kappa shape index (κ3) is 4.53. The van der Waals surface area contributed by atoms with E-state index in [4.69, 9.17) is 31.0 Å². The van der Waals surface area contributed by atoms with E-state index < -0.39 is 0 Å². The van der Waals surface area contributed by atoms with E-state index in [9.17, 15) is 0 Å². The van der Waals surface area contributed by atoms with Crippen LogP contribution in [0.3, 0.4) is 0 Å². The van der Waals surface area contributed by atoms with E-state index in [-0.39, 0.29) is 5.28 Å². The lowest BCUT2D eigenvalue weighted by Crippen LogP contribution is -2.01. The molecule has 0 bridgehead atoms. The number of halogens is 2. The molecule has 0 fully saturated rings. The Kier molecular flexibility index (Phi) is 7.93. The lowest BCUT2D eigenvalue weighted by Gasteiger charge is -2.00. The highest BCUT2D eigenvalue weighted by molar-refractivity contribution is 6.37. The zero-order valence-electron chi connectivity index (χ0n) is 10.5. The van der Waals surface area contributed by atoms with E-state index in [0.29, 0.717) is 16.1 Å². The number of benzene rings is 1. The first-order valence-corrected chi connectivity index (χ1v) is 6.31. The molecule has 0 saturated carbocycles. The number of aromatic nitrogens is 2. The first-order valence-electron chi connectivity index (χ1n) is 5.55. The van der Waals surface area contributed by atoms with Gasteiger partial charge in [0.2, 0.25) is 5.28 Å². The van der Waals surface area contributed by atoms with Crippen molar-refractivity contribution in [3.05, 3.63) is 28.6 Å². The Balaban J connectivity index is 0.000000581. The Bertz CT molecular complexity index is 470. The second kappa shape index (κ2) is 8.32. The smallest absolute Gasteiger partial charge is 0.218 e. The van der Waals surface area contributed by atoms with Gasteiger partial charge in [-0.15, -0.1) is 0 Å². The highest BCUT2D eigenvalue weighted by atomic mass is 35.5. The molecule has 1 aromatic carbocycles. The minimum atomic E-state index is 0.128. The van der Waals surface area contributed by atoms with Gasteiger partial charge in [0.25, 0.3) is 0 Å². The molecule has 2 radical (unpaired) electrons. The van der Waals surface area contributed by atoms with Gasteiger partial charge in [-0.25, -0.2) is 9.97 Å². The molecule has 1 heterocycles. The number of hydrogen-bond donors (Lipinski definition) is 0. The van der Waals surface area contributed by atoms with Crippen molar-refractivity contribution in [2.75, 3.05) is 0 Å². The van der Waals surface area contributed by atoms with Crippen LogP contribution >= 0.6 is 23.2 Å². The molecule has 90 valence electrons. The van der Waals surface area contributed by atoms with Gasteiger partial charge in [-0.05, 0) is 17.7 Å². The second-order valence-electron chi connectivity index (χ2n) is 2.56. The van der Waals surface area contributed by atoms with E-state index >= 15 is 0 Å². The predicted molar refractivity (Wildman–Crippen MR) is 77.6 cm³/mol. The fourth-order valence-electron chi connectivity index (χ4n) is 1.08. The summed E-state index contributed by atoms with van der Waals surface area (Å²) >= 11 is 11.5. The summed E-state index contributed by atoms with van der Waals surface area (Å²) < 4.78 is 0. The number of hydrogen-bond acceptors (Lipinski definition) is 2. The van der Waals surface area contributed by atoms with E-state index in [1.165, 1.54) is 0 Å². The molecule has 0 atom stereocenters. The first-order chi connectivity index (χ1) is 8.16. The summed E-state index contributed by atoms with van der Waals surface area (Å²) in [5, 5.41) is 1.22. The fraction of sp³-hybridized carbons (Fsp3) is 0.333. The third-order valence-corrected chi connectivity index (χ3v) is 2.10. The number of fused-ring (bicyclic) bond motifs is 1. The molecule has 17 heavy (non-hydrogen) atoms. The molecule has 0 aliphatic rings. The zero-order chi connectivity index (χ0) is 13.4.